The molecule has 1 saturated heterocycles. The van der Waals surface area contributed by atoms with E-state index in [1.165, 1.54) is 0 Å². The maximum absolute atomic E-state index is 12.7. The van der Waals surface area contributed by atoms with Crippen LogP contribution in [-0.2, 0) is 16.6 Å². The summed E-state index contributed by atoms with van der Waals surface area (Å²) in [5.41, 5.74) is 0.990. The second-order valence-corrected chi connectivity index (χ2v) is 9.15. The Morgan fingerprint density at radius 2 is 1.81 bits per heavy atom. The first kappa shape index (κ1) is 24.5. The molecule has 0 unspecified atom stereocenters. The van der Waals surface area contributed by atoms with Gasteiger partial charge in [0.2, 0.25) is 10.0 Å². The largest absolute Gasteiger partial charge is 0.357 e. The molecule has 6 nitrogen and oxygen atoms in total. The number of sulfonamides is 1. The average Bonchev–Trinajstić information content (AvgIpc) is 2.67. The molecule has 1 aromatic carbocycles. The maximum Gasteiger partial charge on any atom is 0.243 e. The van der Waals surface area contributed by atoms with Crippen LogP contribution in [0.3, 0.4) is 0 Å². The monoisotopic (exact) mass is 526 g/mol. The zero-order chi connectivity index (χ0) is 18.8. The van der Waals surface area contributed by atoms with Crippen molar-refractivity contribution in [2.75, 3.05) is 38.2 Å². The Balaban J connectivity index is 0.00000364. The van der Waals surface area contributed by atoms with Crippen molar-refractivity contribution < 1.29 is 8.42 Å². The number of benzene rings is 1. The van der Waals surface area contributed by atoms with Gasteiger partial charge in [-0.1, -0.05) is 18.6 Å². The molecule has 0 amide bonds. The van der Waals surface area contributed by atoms with E-state index in [9.17, 15) is 8.42 Å². The van der Waals surface area contributed by atoms with Gasteiger partial charge in [-0.25, -0.2) is 13.4 Å². The van der Waals surface area contributed by atoms with E-state index in [0.29, 0.717) is 24.5 Å². The number of hydrogen-bond donors (Lipinski definition) is 2. The third-order valence-electron chi connectivity index (χ3n) is 4.24. The lowest BCUT2D eigenvalue weighted by molar-refractivity contribution is 0.346. The number of nitrogens with zero attached hydrogens (tertiary/aromatic N) is 2. The van der Waals surface area contributed by atoms with Crippen LogP contribution in [0.4, 0.5) is 0 Å². The summed E-state index contributed by atoms with van der Waals surface area (Å²) < 4.78 is 26.9. The van der Waals surface area contributed by atoms with Gasteiger partial charge in [0.1, 0.15) is 0 Å². The number of piperidine rings is 1. The van der Waals surface area contributed by atoms with E-state index < -0.39 is 10.0 Å². The van der Waals surface area contributed by atoms with Gasteiger partial charge in [0.15, 0.2) is 5.96 Å². The van der Waals surface area contributed by atoms with Crippen molar-refractivity contribution in [2.24, 2.45) is 4.99 Å². The van der Waals surface area contributed by atoms with E-state index in [2.05, 4.69) is 21.9 Å². The molecule has 1 aliphatic heterocycles. The zero-order valence-electron chi connectivity index (χ0n) is 16.1. The van der Waals surface area contributed by atoms with E-state index >= 15 is 0 Å². The number of nitrogens with one attached hydrogen (secondary N) is 2. The van der Waals surface area contributed by atoms with Gasteiger partial charge in [0, 0.05) is 31.9 Å². The molecule has 2 rings (SSSR count). The van der Waals surface area contributed by atoms with Crippen LogP contribution >= 0.6 is 35.7 Å². The molecular weight excluding hydrogens is 495 g/mol. The second kappa shape index (κ2) is 12.8. The summed E-state index contributed by atoms with van der Waals surface area (Å²) in [4.78, 5) is 4.93. The van der Waals surface area contributed by atoms with Crippen LogP contribution in [0.2, 0.25) is 0 Å². The van der Waals surface area contributed by atoms with Crippen molar-refractivity contribution in [3.63, 3.8) is 0 Å². The van der Waals surface area contributed by atoms with E-state index in [-0.39, 0.29) is 24.0 Å². The summed E-state index contributed by atoms with van der Waals surface area (Å²) in [6, 6.07) is 7.10. The van der Waals surface area contributed by atoms with Crippen LogP contribution in [0.1, 0.15) is 31.7 Å². The average molecular weight is 527 g/mol. The van der Waals surface area contributed by atoms with Gasteiger partial charge >= 0.3 is 0 Å². The predicted molar refractivity (Wildman–Crippen MR) is 126 cm³/mol. The van der Waals surface area contributed by atoms with Crippen molar-refractivity contribution in [2.45, 2.75) is 37.6 Å². The molecule has 0 bridgehead atoms. The third-order valence-corrected chi connectivity index (χ3v) is 6.76. The molecule has 0 spiro atoms. The van der Waals surface area contributed by atoms with E-state index in [4.69, 9.17) is 0 Å². The molecule has 1 fully saturated rings. The Bertz CT molecular complexity index is 675. The van der Waals surface area contributed by atoms with E-state index in [1.807, 2.05) is 19.1 Å². The maximum atomic E-state index is 12.7. The molecular formula is C18H31IN4O2S2. The first-order valence-electron chi connectivity index (χ1n) is 9.18. The summed E-state index contributed by atoms with van der Waals surface area (Å²) in [6.45, 7) is 5.47. The van der Waals surface area contributed by atoms with Crippen molar-refractivity contribution >= 4 is 51.7 Å². The minimum Gasteiger partial charge on any atom is -0.357 e. The van der Waals surface area contributed by atoms with Crippen molar-refractivity contribution in [1.82, 2.24) is 14.9 Å². The van der Waals surface area contributed by atoms with Gasteiger partial charge in [0.05, 0.1) is 11.4 Å². The van der Waals surface area contributed by atoms with Gasteiger partial charge in [0.25, 0.3) is 0 Å². The lowest BCUT2D eigenvalue weighted by Crippen LogP contribution is -2.38. The normalized spacial score (nSPS) is 15.9. The fourth-order valence-electron chi connectivity index (χ4n) is 2.80. The molecule has 27 heavy (non-hydrogen) atoms. The van der Waals surface area contributed by atoms with Crippen LogP contribution in [0.5, 0.6) is 0 Å². The fraction of sp³-hybridized carbons (Fsp3) is 0.611. The highest BCUT2D eigenvalue weighted by atomic mass is 127. The smallest absolute Gasteiger partial charge is 0.243 e. The highest BCUT2D eigenvalue weighted by Crippen LogP contribution is 2.21. The number of hydrogen-bond acceptors (Lipinski definition) is 4. The summed E-state index contributed by atoms with van der Waals surface area (Å²) in [6.07, 6.45) is 5.08. The topological polar surface area (TPSA) is 73.8 Å². The molecule has 1 aromatic rings. The molecule has 1 heterocycles. The summed E-state index contributed by atoms with van der Waals surface area (Å²) in [7, 11) is -3.36. The van der Waals surface area contributed by atoms with E-state index in [0.717, 1.165) is 49.6 Å². The molecule has 1 aliphatic rings. The lowest BCUT2D eigenvalue weighted by atomic mass is 10.2. The minimum atomic E-state index is -3.36. The molecule has 0 aliphatic carbocycles. The van der Waals surface area contributed by atoms with Gasteiger partial charge in [-0.05, 0) is 43.7 Å². The zero-order valence-corrected chi connectivity index (χ0v) is 20.1. The molecule has 0 saturated carbocycles. The fourth-order valence-corrected chi connectivity index (χ4v) is 4.63. The Hall–Kier alpha value is -0.520. The van der Waals surface area contributed by atoms with Crippen LogP contribution in [0.25, 0.3) is 0 Å². The van der Waals surface area contributed by atoms with Crippen LogP contribution in [-0.4, -0.2) is 56.9 Å². The van der Waals surface area contributed by atoms with Gasteiger partial charge in [-0.3, -0.25) is 0 Å². The number of aliphatic imine (C=N–C) groups is 1. The SMILES string of the molecule is CCNC(=NCc1ccc(S(=O)(=O)N2CCCCC2)cc1)NCCSC.I. The van der Waals surface area contributed by atoms with Crippen LogP contribution < -0.4 is 10.6 Å². The summed E-state index contributed by atoms with van der Waals surface area (Å²) in [5, 5.41) is 6.50. The Morgan fingerprint density at radius 3 is 2.41 bits per heavy atom. The van der Waals surface area contributed by atoms with Crippen molar-refractivity contribution in [3.8, 4) is 0 Å². The first-order chi connectivity index (χ1) is 12.6. The van der Waals surface area contributed by atoms with Gasteiger partial charge < -0.3 is 10.6 Å². The first-order valence-corrected chi connectivity index (χ1v) is 12.0. The van der Waals surface area contributed by atoms with Crippen molar-refractivity contribution in [3.05, 3.63) is 29.8 Å². The number of thioether (sulfide) groups is 1. The van der Waals surface area contributed by atoms with Gasteiger partial charge in [-0.2, -0.15) is 16.1 Å². The minimum absolute atomic E-state index is 0. The molecule has 154 valence electrons. The summed E-state index contributed by atoms with van der Waals surface area (Å²) in [5.74, 6) is 1.81. The number of rotatable bonds is 8. The number of guanidine groups is 1. The Morgan fingerprint density at radius 1 is 1.15 bits per heavy atom. The van der Waals surface area contributed by atoms with Crippen LogP contribution in [0, 0.1) is 0 Å². The Labute approximate surface area is 185 Å². The molecule has 9 heteroatoms. The molecule has 0 aromatic heterocycles. The number of halogens is 1. The highest BCUT2D eigenvalue weighted by molar-refractivity contribution is 14.0. The second-order valence-electron chi connectivity index (χ2n) is 6.22. The van der Waals surface area contributed by atoms with Gasteiger partial charge in [-0.15, -0.1) is 24.0 Å². The molecule has 2 N–H and O–H groups in total. The van der Waals surface area contributed by atoms with E-state index in [1.54, 1.807) is 28.2 Å². The summed E-state index contributed by atoms with van der Waals surface area (Å²) >= 11 is 1.79. The lowest BCUT2D eigenvalue weighted by Gasteiger charge is -2.25. The highest BCUT2D eigenvalue weighted by Gasteiger charge is 2.25. The van der Waals surface area contributed by atoms with Crippen LogP contribution in [0.15, 0.2) is 34.2 Å². The predicted octanol–water partition coefficient (Wildman–Crippen LogP) is 2.90. The van der Waals surface area contributed by atoms with Crippen molar-refractivity contribution in [1.29, 1.82) is 0 Å². The molecule has 0 atom stereocenters. The third kappa shape index (κ3) is 7.78. The molecule has 0 radical (unpaired) electrons. The quantitative estimate of drug-likeness (QED) is 0.236. The standard InChI is InChI=1S/C18H30N4O2S2.HI/c1-3-19-18(20-11-14-25-2)21-15-16-7-9-17(10-8-16)26(23,24)22-12-5-4-6-13-22;/h7-10H,3-6,11-15H2,1-2H3,(H2,19,20,21);1H. The Kier molecular flexibility index (Phi) is 11.7.